The Hall–Kier alpha value is -1.39. The van der Waals surface area contributed by atoms with Gasteiger partial charge in [0.2, 0.25) is 0 Å². The Bertz CT molecular complexity index is 607. The van der Waals surface area contributed by atoms with Crippen molar-refractivity contribution >= 4 is 11.3 Å². The first-order valence-electron chi connectivity index (χ1n) is 7.47. The van der Waals surface area contributed by atoms with E-state index in [1.807, 2.05) is 6.07 Å². The highest BCUT2D eigenvalue weighted by molar-refractivity contribution is 7.11. The molecule has 2 nitrogen and oxygen atoms in total. The summed E-state index contributed by atoms with van der Waals surface area (Å²) in [4.78, 5) is 2.46. The SMILES string of the molecule is CCc1ccc(COc2ccc(CNC3CC3)cc2F)s1. The molecule has 1 heterocycles. The van der Waals surface area contributed by atoms with E-state index in [9.17, 15) is 4.39 Å². The zero-order valence-corrected chi connectivity index (χ0v) is 13.0. The maximum absolute atomic E-state index is 14.0. The zero-order valence-electron chi connectivity index (χ0n) is 12.2. The fourth-order valence-electron chi connectivity index (χ4n) is 2.16. The molecular weight excluding hydrogens is 285 g/mol. The molecule has 1 fully saturated rings. The number of hydrogen-bond donors (Lipinski definition) is 1. The summed E-state index contributed by atoms with van der Waals surface area (Å²) in [6, 6.07) is 10.0. The fraction of sp³-hybridized carbons (Fsp3) is 0.412. The molecule has 0 aliphatic heterocycles. The molecule has 1 aromatic heterocycles. The standard InChI is InChI=1S/C17H20FNOS/c1-2-14-6-7-15(21-14)11-20-17-8-3-12(9-16(17)18)10-19-13-4-5-13/h3,6-9,13,19H,2,4-5,10-11H2,1H3. The Morgan fingerprint density at radius 1 is 1.24 bits per heavy atom. The van der Waals surface area contributed by atoms with Crippen LogP contribution in [0.15, 0.2) is 30.3 Å². The van der Waals surface area contributed by atoms with E-state index in [2.05, 4.69) is 24.4 Å². The number of aryl methyl sites for hydroxylation is 1. The van der Waals surface area contributed by atoms with Crippen LogP contribution in [-0.4, -0.2) is 6.04 Å². The highest BCUT2D eigenvalue weighted by atomic mass is 32.1. The number of benzene rings is 1. The Balaban J connectivity index is 1.56. The van der Waals surface area contributed by atoms with Gasteiger partial charge >= 0.3 is 0 Å². The number of hydrogen-bond acceptors (Lipinski definition) is 3. The molecule has 1 aliphatic rings. The maximum Gasteiger partial charge on any atom is 0.165 e. The van der Waals surface area contributed by atoms with Crippen LogP contribution in [-0.2, 0) is 19.6 Å². The van der Waals surface area contributed by atoms with Crippen LogP contribution < -0.4 is 10.1 Å². The maximum atomic E-state index is 14.0. The molecule has 1 saturated carbocycles. The van der Waals surface area contributed by atoms with Crippen molar-refractivity contribution in [1.29, 1.82) is 0 Å². The summed E-state index contributed by atoms with van der Waals surface area (Å²) in [6.45, 7) is 3.29. The highest BCUT2D eigenvalue weighted by Crippen LogP contribution is 2.23. The Morgan fingerprint density at radius 2 is 2.05 bits per heavy atom. The van der Waals surface area contributed by atoms with Crippen molar-refractivity contribution in [2.45, 2.75) is 45.4 Å². The van der Waals surface area contributed by atoms with Crippen LogP contribution in [0.25, 0.3) is 0 Å². The molecule has 0 radical (unpaired) electrons. The lowest BCUT2D eigenvalue weighted by molar-refractivity contribution is 0.293. The van der Waals surface area contributed by atoms with Gasteiger partial charge in [-0.05, 0) is 49.1 Å². The van der Waals surface area contributed by atoms with E-state index in [1.54, 1.807) is 23.5 Å². The number of nitrogens with one attached hydrogen (secondary N) is 1. The van der Waals surface area contributed by atoms with E-state index in [0.717, 1.165) is 23.4 Å². The first kappa shape index (κ1) is 14.5. The summed E-state index contributed by atoms with van der Waals surface area (Å²) >= 11 is 1.72. The molecule has 21 heavy (non-hydrogen) atoms. The molecule has 112 valence electrons. The normalized spacial score (nSPS) is 14.4. The molecular formula is C17H20FNOS. The summed E-state index contributed by atoms with van der Waals surface area (Å²) in [6.07, 6.45) is 3.51. The van der Waals surface area contributed by atoms with Gasteiger partial charge in [0.1, 0.15) is 6.61 Å². The van der Waals surface area contributed by atoms with Crippen molar-refractivity contribution in [2.75, 3.05) is 0 Å². The molecule has 0 bridgehead atoms. The lowest BCUT2D eigenvalue weighted by atomic mass is 10.2. The monoisotopic (exact) mass is 305 g/mol. The number of rotatable bonds is 7. The van der Waals surface area contributed by atoms with Crippen molar-refractivity contribution in [3.8, 4) is 5.75 Å². The molecule has 1 aliphatic carbocycles. The molecule has 2 aromatic rings. The van der Waals surface area contributed by atoms with Gasteiger partial charge in [0, 0.05) is 22.3 Å². The van der Waals surface area contributed by atoms with Crippen LogP contribution in [0.3, 0.4) is 0 Å². The first-order chi connectivity index (χ1) is 10.2. The van der Waals surface area contributed by atoms with Crippen molar-refractivity contribution in [2.24, 2.45) is 0 Å². The minimum atomic E-state index is -0.280. The van der Waals surface area contributed by atoms with E-state index in [0.29, 0.717) is 18.4 Å². The fourth-order valence-corrected chi connectivity index (χ4v) is 3.03. The van der Waals surface area contributed by atoms with Crippen molar-refractivity contribution < 1.29 is 9.13 Å². The van der Waals surface area contributed by atoms with E-state index >= 15 is 0 Å². The van der Waals surface area contributed by atoms with Gasteiger partial charge in [0.15, 0.2) is 11.6 Å². The molecule has 1 N–H and O–H groups in total. The summed E-state index contributed by atoms with van der Waals surface area (Å²) in [5.41, 5.74) is 0.969. The molecule has 0 spiro atoms. The minimum absolute atomic E-state index is 0.280. The minimum Gasteiger partial charge on any atom is -0.485 e. The van der Waals surface area contributed by atoms with Crippen LogP contribution in [0.1, 0.15) is 35.1 Å². The average Bonchev–Trinajstić information content (AvgIpc) is 3.21. The van der Waals surface area contributed by atoms with Crippen LogP contribution in [0.2, 0.25) is 0 Å². The summed E-state index contributed by atoms with van der Waals surface area (Å²) in [5.74, 6) is 0.0500. The summed E-state index contributed by atoms with van der Waals surface area (Å²) in [7, 11) is 0. The van der Waals surface area contributed by atoms with Crippen LogP contribution in [0, 0.1) is 5.82 Å². The van der Waals surface area contributed by atoms with E-state index in [-0.39, 0.29) is 5.82 Å². The largest absolute Gasteiger partial charge is 0.485 e. The molecule has 0 unspecified atom stereocenters. The molecule has 0 saturated heterocycles. The van der Waals surface area contributed by atoms with Gasteiger partial charge in [-0.1, -0.05) is 13.0 Å². The van der Waals surface area contributed by atoms with Crippen LogP contribution in [0.4, 0.5) is 4.39 Å². The van der Waals surface area contributed by atoms with E-state index in [4.69, 9.17) is 4.74 Å². The van der Waals surface area contributed by atoms with Crippen LogP contribution >= 0.6 is 11.3 Å². The van der Waals surface area contributed by atoms with Gasteiger partial charge in [0.05, 0.1) is 0 Å². The molecule has 3 rings (SSSR count). The second kappa shape index (κ2) is 6.58. The number of thiophene rings is 1. The highest BCUT2D eigenvalue weighted by Gasteiger charge is 2.20. The smallest absolute Gasteiger partial charge is 0.165 e. The quantitative estimate of drug-likeness (QED) is 0.824. The zero-order chi connectivity index (χ0) is 14.7. The lowest BCUT2D eigenvalue weighted by Crippen LogP contribution is -2.15. The summed E-state index contributed by atoms with van der Waals surface area (Å²) < 4.78 is 19.6. The molecule has 0 atom stereocenters. The predicted octanol–water partition coefficient (Wildman–Crippen LogP) is 4.28. The number of ether oxygens (including phenoxy) is 1. The Morgan fingerprint density at radius 3 is 2.71 bits per heavy atom. The molecule has 1 aromatic carbocycles. The second-order valence-corrected chi connectivity index (χ2v) is 6.68. The Kier molecular flexibility index (Phi) is 4.56. The third-order valence-electron chi connectivity index (χ3n) is 3.60. The average molecular weight is 305 g/mol. The van der Waals surface area contributed by atoms with Crippen molar-refractivity contribution in [3.05, 3.63) is 51.5 Å². The van der Waals surface area contributed by atoms with E-state index < -0.39 is 0 Å². The van der Waals surface area contributed by atoms with Gasteiger partial charge in [-0.15, -0.1) is 11.3 Å². The topological polar surface area (TPSA) is 21.3 Å². The third-order valence-corrected chi connectivity index (χ3v) is 4.81. The predicted molar refractivity (Wildman–Crippen MR) is 84.3 cm³/mol. The van der Waals surface area contributed by atoms with Gasteiger partial charge in [-0.2, -0.15) is 0 Å². The molecule has 4 heteroatoms. The van der Waals surface area contributed by atoms with Gasteiger partial charge in [0.25, 0.3) is 0 Å². The number of halogens is 1. The van der Waals surface area contributed by atoms with Gasteiger partial charge in [-0.25, -0.2) is 4.39 Å². The molecule has 0 amide bonds. The third kappa shape index (κ3) is 4.05. The summed E-state index contributed by atoms with van der Waals surface area (Å²) in [5, 5.41) is 3.38. The van der Waals surface area contributed by atoms with Gasteiger partial charge < -0.3 is 10.1 Å². The van der Waals surface area contributed by atoms with Crippen molar-refractivity contribution in [3.63, 3.8) is 0 Å². The van der Waals surface area contributed by atoms with Gasteiger partial charge in [-0.3, -0.25) is 0 Å². The first-order valence-corrected chi connectivity index (χ1v) is 8.28. The second-order valence-electron chi connectivity index (χ2n) is 5.43. The van der Waals surface area contributed by atoms with E-state index in [1.165, 1.54) is 17.7 Å². The van der Waals surface area contributed by atoms with Crippen molar-refractivity contribution in [1.82, 2.24) is 5.32 Å². The Labute approximate surface area is 129 Å². The van der Waals surface area contributed by atoms with Crippen LogP contribution in [0.5, 0.6) is 5.75 Å². The lowest BCUT2D eigenvalue weighted by Gasteiger charge is -2.08.